The number of esters is 1. The van der Waals surface area contributed by atoms with Crippen molar-refractivity contribution in [2.75, 3.05) is 45.2 Å². The summed E-state index contributed by atoms with van der Waals surface area (Å²) in [7, 11) is 2.00. The van der Waals surface area contributed by atoms with Gasteiger partial charge >= 0.3 is 5.97 Å². The van der Waals surface area contributed by atoms with E-state index in [0.29, 0.717) is 30.9 Å². The molecule has 0 bridgehead atoms. The van der Waals surface area contributed by atoms with Gasteiger partial charge in [0.25, 0.3) is 5.91 Å². The normalized spacial score (nSPS) is 15.4. The van der Waals surface area contributed by atoms with Crippen LogP contribution in [0.5, 0.6) is 0 Å². The van der Waals surface area contributed by atoms with E-state index in [9.17, 15) is 14.9 Å². The summed E-state index contributed by atoms with van der Waals surface area (Å²) in [4.78, 5) is 27.8. The van der Waals surface area contributed by atoms with Crippen LogP contribution in [-0.2, 0) is 9.53 Å². The van der Waals surface area contributed by atoms with Crippen molar-refractivity contribution >= 4 is 17.6 Å². The molecule has 1 saturated heterocycles. The molecule has 1 amide bonds. The number of likely N-dealkylation sites (N-methyl/N-ethyl adjacent to an activating group) is 1. The van der Waals surface area contributed by atoms with Crippen molar-refractivity contribution in [2.24, 2.45) is 0 Å². The van der Waals surface area contributed by atoms with Crippen molar-refractivity contribution in [3.05, 3.63) is 41.6 Å². The van der Waals surface area contributed by atoms with Crippen molar-refractivity contribution in [3.8, 4) is 6.07 Å². The molecule has 132 valence electrons. The van der Waals surface area contributed by atoms with E-state index in [1.165, 1.54) is 6.20 Å². The van der Waals surface area contributed by atoms with Crippen LogP contribution in [0.1, 0.15) is 17.3 Å². The number of anilines is 1. The van der Waals surface area contributed by atoms with Crippen LogP contribution in [0.25, 0.3) is 0 Å². The molecule has 1 heterocycles. The number of hydrogen-bond acceptors (Lipinski definition) is 6. The van der Waals surface area contributed by atoms with Crippen molar-refractivity contribution in [1.82, 2.24) is 9.80 Å². The second-order valence-electron chi connectivity index (χ2n) is 5.71. The van der Waals surface area contributed by atoms with Gasteiger partial charge < -0.3 is 19.9 Å². The summed E-state index contributed by atoms with van der Waals surface area (Å²) >= 11 is 0. The van der Waals surface area contributed by atoms with E-state index in [4.69, 9.17) is 4.74 Å². The Kier molecular flexibility index (Phi) is 6.54. The van der Waals surface area contributed by atoms with Crippen LogP contribution in [0, 0.1) is 11.3 Å². The van der Waals surface area contributed by atoms with E-state index in [1.54, 1.807) is 36.1 Å². The summed E-state index contributed by atoms with van der Waals surface area (Å²) in [6.45, 7) is 4.90. The molecule has 1 aromatic rings. The van der Waals surface area contributed by atoms with E-state index in [2.05, 4.69) is 10.2 Å². The maximum Gasteiger partial charge on any atom is 0.338 e. The zero-order chi connectivity index (χ0) is 18.2. The van der Waals surface area contributed by atoms with Crippen LogP contribution >= 0.6 is 0 Å². The largest absolute Gasteiger partial charge is 0.462 e. The number of amides is 1. The molecule has 2 rings (SSSR count). The van der Waals surface area contributed by atoms with E-state index in [-0.39, 0.29) is 17.4 Å². The molecule has 1 aliphatic rings. The molecule has 7 heteroatoms. The van der Waals surface area contributed by atoms with Crippen LogP contribution in [0.3, 0.4) is 0 Å². The quantitative estimate of drug-likeness (QED) is 0.495. The number of rotatable bonds is 5. The van der Waals surface area contributed by atoms with Gasteiger partial charge in [-0.1, -0.05) is 0 Å². The van der Waals surface area contributed by atoms with Crippen LogP contribution in [0.4, 0.5) is 5.69 Å². The number of carbonyl (C=O) groups is 2. The minimum Gasteiger partial charge on any atom is -0.462 e. The Balaban J connectivity index is 1.99. The monoisotopic (exact) mass is 342 g/mol. The molecular weight excluding hydrogens is 320 g/mol. The molecule has 1 aromatic carbocycles. The fourth-order valence-corrected chi connectivity index (χ4v) is 2.39. The van der Waals surface area contributed by atoms with Gasteiger partial charge in [-0.25, -0.2) is 4.79 Å². The van der Waals surface area contributed by atoms with Gasteiger partial charge in [-0.2, -0.15) is 5.26 Å². The molecule has 1 fully saturated rings. The number of carbonyl (C=O) groups excluding carboxylic acids is 2. The zero-order valence-corrected chi connectivity index (χ0v) is 14.5. The predicted molar refractivity (Wildman–Crippen MR) is 93.8 cm³/mol. The SMILES string of the molecule is CCOC(=O)c1ccc(N/C=C(/C#N)C(=O)N2CCN(C)CC2)cc1. The molecule has 0 spiro atoms. The minimum absolute atomic E-state index is 0.0547. The van der Waals surface area contributed by atoms with Gasteiger partial charge in [-0.05, 0) is 38.2 Å². The third-order valence-electron chi connectivity index (χ3n) is 3.92. The van der Waals surface area contributed by atoms with E-state index < -0.39 is 0 Å². The summed E-state index contributed by atoms with van der Waals surface area (Å²) in [6, 6.07) is 8.59. The molecule has 1 N–H and O–H groups in total. The number of hydrogen-bond donors (Lipinski definition) is 1. The molecule has 0 saturated carbocycles. The highest BCUT2D eigenvalue weighted by atomic mass is 16.5. The van der Waals surface area contributed by atoms with Crippen LogP contribution < -0.4 is 5.32 Å². The molecule has 0 radical (unpaired) electrons. The Bertz CT molecular complexity index is 683. The maximum atomic E-state index is 12.4. The molecule has 0 unspecified atom stereocenters. The number of ether oxygens (including phenoxy) is 1. The number of nitriles is 1. The first-order valence-electron chi connectivity index (χ1n) is 8.17. The standard InChI is InChI=1S/C18H22N4O3/c1-3-25-18(24)14-4-6-16(7-5-14)20-13-15(12-19)17(23)22-10-8-21(2)9-11-22/h4-7,13,20H,3,8-11H2,1-2H3/b15-13-. The first-order valence-corrected chi connectivity index (χ1v) is 8.17. The first-order chi connectivity index (χ1) is 12.0. The fourth-order valence-electron chi connectivity index (χ4n) is 2.39. The lowest BCUT2D eigenvalue weighted by molar-refractivity contribution is -0.128. The average Bonchev–Trinajstić information content (AvgIpc) is 2.63. The highest BCUT2D eigenvalue weighted by Gasteiger charge is 2.22. The van der Waals surface area contributed by atoms with Gasteiger partial charge in [0.1, 0.15) is 11.6 Å². The summed E-state index contributed by atoms with van der Waals surface area (Å²) in [5.41, 5.74) is 1.18. The van der Waals surface area contributed by atoms with E-state index in [1.807, 2.05) is 13.1 Å². The minimum atomic E-state index is -0.382. The highest BCUT2D eigenvalue weighted by molar-refractivity contribution is 5.97. The Hall–Kier alpha value is -2.85. The van der Waals surface area contributed by atoms with Gasteiger partial charge in [0, 0.05) is 38.1 Å². The van der Waals surface area contributed by atoms with Crippen LogP contribution in [0.2, 0.25) is 0 Å². The zero-order valence-electron chi connectivity index (χ0n) is 14.5. The summed E-state index contributed by atoms with van der Waals surface area (Å²) in [5.74, 6) is -0.654. The van der Waals surface area contributed by atoms with Gasteiger partial charge in [0.15, 0.2) is 0 Å². The average molecular weight is 342 g/mol. The predicted octanol–water partition coefficient (Wildman–Crippen LogP) is 1.46. The highest BCUT2D eigenvalue weighted by Crippen LogP contribution is 2.12. The molecule has 0 atom stereocenters. The Morgan fingerprint density at radius 1 is 1.24 bits per heavy atom. The molecule has 0 aliphatic carbocycles. The Morgan fingerprint density at radius 2 is 1.88 bits per heavy atom. The van der Waals surface area contributed by atoms with E-state index in [0.717, 1.165) is 13.1 Å². The second-order valence-corrected chi connectivity index (χ2v) is 5.71. The maximum absolute atomic E-state index is 12.4. The van der Waals surface area contributed by atoms with Crippen LogP contribution in [0.15, 0.2) is 36.0 Å². The summed E-state index contributed by atoms with van der Waals surface area (Å²) in [5, 5.41) is 12.2. The third-order valence-corrected chi connectivity index (χ3v) is 3.92. The Labute approximate surface area is 147 Å². The number of benzene rings is 1. The van der Waals surface area contributed by atoms with Gasteiger partial charge in [-0.15, -0.1) is 0 Å². The summed E-state index contributed by atoms with van der Waals surface area (Å²) in [6.07, 6.45) is 1.40. The van der Waals surface area contributed by atoms with Gasteiger partial charge in [0.2, 0.25) is 0 Å². The smallest absolute Gasteiger partial charge is 0.338 e. The third kappa shape index (κ3) is 5.06. The van der Waals surface area contributed by atoms with Crippen molar-refractivity contribution in [3.63, 3.8) is 0 Å². The lowest BCUT2D eigenvalue weighted by atomic mass is 10.2. The van der Waals surface area contributed by atoms with Crippen molar-refractivity contribution in [1.29, 1.82) is 5.26 Å². The second kappa shape index (κ2) is 8.85. The molecule has 7 nitrogen and oxygen atoms in total. The number of nitrogens with one attached hydrogen (secondary N) is 1. The number of nitrogens with zero attached hydrogens (tertiary/aromatic N) is 3. The van der Waals surface area contributed by atoms with E-state index >= 15 is 0 Å². The topological polar surface area (TPSA) is 85.7 Å². The fraction of sp³-hybridized carbons (Fsp3) is 0.389. The lowest BCUT2D eigenvalue weighted by Crippen LogP contribution is -2.47. The first kappa shape index (κ1) is 18.5. The molecule has 0 aromatic heterocycles. The van der Waals surface area contributed by atoms with Gasteiger partial charge in [-0.3, -0.25) is 4.79 Å². The summed E-state index contributed by atoms with van der Waals surface area (Å²) < 4.78 is 4.92. The molecule has 25 heavy (non-hydrogen) atoms. The number of piperazine rings is 1. The van der Waals surface area contributed by atoms with Crippen molar-refractivity contribution in [2.45, 2.75) is 6.92 Å². The van der Waals surface area contributed by atoms with Crippen LogP contribution in [-0.4, -0.2) is 61.5 Å². The Morgan fingerprint density at radius 3 is 2.44 bits per heavy atom. The molecule has 1 aliphatic heterocycles. The lowest BCUT2D eigenvalue weighted by Gasteiger charge is -2.32. The molecular formula is C18H22N4O3. The van der Waals surface area contributed by atoms with Crippen molar-refractivity contribution < 1.29 is 14.3 Å². The van der Waals surface area contributed by atoms with Gasteiger partial charge in [0.05, 0.1) is 12.2 Å².